The van der Waals surface area contributed by atoms with Gasteiger partial charge in [-0.15, -0.1) is 0 Å². The molecule has 1 aromatic rings. The van der Waals surface area contributed by atoms with Gasteiger partial charge in [-0.2, -0.15) is 0 Å². The normalized spacial score (nSPS) is 12.2. The highest BCUT2D eigenvalue weighted by Crippen LogP contribution is 2.22. The van der Waals surface area contributed by atoms with Crippen molar-refractivity contribution in [1.29, 1.82) is 0 Å². The fourth-order valence-electron chi connectivity index (χ4n) is 1.26. The van der Waals surface area contributed by atoms with Crippen molar-refractivity contribution in [2.75, 3.05) is 7.11 Å². The van der Waals surface area contributed by atoms with Crippen LogP contribution in [0.1, 0.15) is 17.2 Å². The summed E-state index contributed by atoms with van der Waals surface area (Å²) in [6.07, 6.45) is 0. The summed E-state index contributed by atoms with van der Waals surface area (Å²) in [5, 5.41) is 17.7. The second kappa shape index (κ2) is 4.77. The van der Waals surface area contributed by atoms with Crippen molar-refractivity contribution in [3.05, 3.63) is 29.3 Å². The summed E-state index contributed by atoms with van der Waals surface area (Å²) in [5.74, 6) is -0.595. The summed E-state index contributed by atoms with van der Waals surface area (Å²) < 4.78 is 4.98. The van der Waals surface area contributed by atoms with E-state index in [1.54, 1.807) is 12.1 Å². The molecule has 5 nitrogen and oxygen atoms in total. The quantitative estimate of drug-likeness (QED) is 0.664. The van der Waals surface area contributed by atoms with E-state index in [9.17, 15) is 4.79 Å². The number of rotatable bonds is 4. The van der Waals surface area contributed by atoms with E-state index < -0.39 is 12.0 Å². The van der Waals surface area contributed by atoms with Gasteiger partial charge in [0.05, 0.1) is 13.7 Å². The molecule has 0 unspecified atom stereocenters. The van der Waals surface area contributed by atoms with Crippen LogP contribution in [-0.4, -0.2) is 23.3 Å². The lowest BCUT2D eigenvalue weighted by atomic mass is 10.0. The van der Waals surface area contributed by atoms with E-state index in [-0.39, 0.29) is 6.61 Å². The number of nitrogens with two attached hydrogens (primary N) is 1. The molecule has 0 aromatic heterocycles. The van der Waals surface area contributed by atoms with Crippen LogP contribution in [-0.2, 0) is 11.4 Å². The summed E-state index contributed by atoms with van der Waals surface area (Å²) in [6, 6.07) is 3.60. The summed E-state index contributed by atoms with van der Waals surface area (Å²) in [7, 11) is 1.48. The van der Waals surface area contributed by atoms with Crippen LogP contribution in [0.4, 0.5) is 0 Å². The number of aliphatic hydroxyl groups is 1. The van der Waals surface area contributed by atoms with Crippen LogP contribution < -0.4 is 10.5 Å². The SMILES string of the molecule is COc1ccc([C@H](N)C(=O)O)cc1CO. The Morgan fingerprint density at radius 1 is 1.60 bits per heavy atom. The summed E-state index contributed by atoms with van der Waals surface area (Å²) in [4.78, 5) is 10.6. The van der Waals surface area contributed by atoms with E-state index in [1.165, 1.54) is 13.2 Å². The molecule has 0 aliphatic rings. The Morgan fingerprint density at radius 2 is 2.27 bits per heavy atom. The Balaban J connectivity index is 3.07. The molecule has 0 aliphatic heterocycles. The number of aliphatic hydroxyl groups excluding tert-OH is 1. The van der Waals surface area contributed by atoms with E-state index >= 15 is 0 Å². The first-order valence-corrected chi connectivity index (χ1v) is 4.36. The first-order valence-electron chi connectivity index (χ1n) is 4.36. The van der Waals surface area contributed by atoms with Crippen LogP contribution >= 0.6 is 0 Å². The van der Waals surface area contributed by atoms with Crippen LogP contribution in [0.5, 0.6) is 5.75 Å². The van der Waals surface area contributed by atoms with Gasteiger partial charge in [-0.3, -0.25) is 4.79 Å². The van der Waals surface area contributed by atoms with Crippen LogP contribution in [0.3, 0.4) is 0 Å². The maximum absolute atomic E-state index is 10.6. The van der Waals surface area contributed by atoms with Gasteiger partial charge in [-0.25, -0.2) is 0 Å². The van der Waals surface area contributed by atoms with Crippen molar-refractivity contribution in [3.8, 4) is 5.75 Å². The van der Waals surface area contributed by atoms with E-state index in [4.69, 9.17) is 20.7 Å². The van der Waals surface area contributed by atoms with Crippen molar-refractivity contribution in [2.45, 2.75) is 12.6 Å². The number of hydrogen-bond acceptors (Lipinski definition) is 4. The molecule has 1 aromatic carbocycles. The average Bonchev–Trinajstić information content (AvgIpc) is 2.26. The maximum Gasteiger partial charge on any atom is 0.325 e. The van der Waals surface area contributed by atoms with Crippen LogP contribution in [0.25, 0.3) is 0 Å². The van der Waals surface area contributed by atoms with E-state index in [1.807, 2.05) is 0 Å². The van der Waals surface area contributed by atoms with Gasteiger partial charge in [-0.05, 0) is 17.7 Å². The molecule has 5 heteroatoms. The van der Waals surface area contributed by atoms with Gasteiger partial charge in [0, 0.05) is 5.56 Å². The predicted octanol–water partition coefficient (Wildman–Crippen LogP) is 0.272. The van der Waals surface area contributed by atoms with Crippen molar-refractivity contribution in [1.82, 2.24) is 0 Å². The van der Waals surface area contributed by atoms with Crippen LogP contribution in [0.15, 0.2) is 18.2 Å². The molecule has 0 fully saturated rings. The molecule has 0 saturated heterocycles. The number of benzene rings is 1. The number of aliphatic carboxylic acids is 1. The Hall–Kier alpha value is -1.59. The summed E-state index contributed by atoms with van der Waals surface area (Å²) in [6.45, 7) is -0.219. The van der Waals surface area contributed by atoms with Gasteiger partial charge in [0.2, 0.25) is 0 Å². The van der Waals surface area contributed by atoms with Crippen LogP contribution in [0.2, 0.25) is 0 Å². The number of hydrogen-bond donors (Lipinski definition) is 3. The highest BCUT2D eigenvalue weighted by molar-refractivity contribution is 5.75. The molecule has 0 spiro atoms. The van der Waals surface area contributed by atoms with E-state index in [0.717, 1.165) is 0 Å². The molecule has 0 amide bonds. The van der Waals surface area contributed by atoms with Gasteiger partial charge >= 0.3 is 5.97 Å². The standard InChI is InChI=1S/C10H13NO4/c1-15-8-3-2-6(4-7(8)5-12)9(11)10(13)14/h2-4,9,12H,5,11H2,1H3,(H,13,14)/t9-/m0/s1. The molecule has 1 atom stereocenters. The molecule has 0 heterocycles. The molecule has 4 N–H and O–H groups in total. The van der Waals surface area contributed by atoms with Crippen LogP contribution in [0, 0.1) is 0 Å². The number of ether oxygens (including phenoxy) is 1. The van der Waals surface area contributed by atoms with Crippen molar-refractivity contribution in [3.63, 3.8) is 0 Å². The smallest absolute Gasteiger partial charge is 0.325 e. The number of carboxylic acid groups (broad SMARTS) is 1. The lowest BCUT2D eigenvalue weighted by molar-refractivity contribution is -0.138. The second-order valence-electron chi connectivity index (χ2n) is 3.05. The highest BCUT2D eigenvalue weighted by atomic mass is 16.5. The third kappa shape index (κ3) is 2.45. The molecule has 0 radical (unpaired) electrons. The van der Waals surface area contributed by atoms with Gasteiger partial charge < -0.3 is 20.7 Å². The zero-order valence-corrected chi connectivity index (χ0v) is 8.30. The third-order valence-corrected chi connectivity index (χ3v) is 2.10. The zero-order valence-electron chi connectivity index (χ0n) is 8.30. The fourth-order valence-corrected chi connectivity index (χ4v) is 1.26. The molecule has 0 aliphatic carbocycles. The second-order valence-corrected chi connectivity index (χ2v) is 3.05. The van der Waals surface area contributed by atoms with E-state index in [0.29, 0.717) is 16.9 Å². The molecule has 0 saturated carbocycles. The average molecular weight is 211 g/mol. The Labute approximate surface area is 87.1 Å². The summed E-state index contributed by atoms with van der Waals surface area (Å²) >= 11 is 0. The molecule has 82 valence electrons. The zero-order chi connectivity index (χ0) is 11.4. The van der Waals surface area contributed by atoms with Gasteiger partial charge in [0.15, 0.2) is 0 Å². The summed E-state index contributed by atoms with van der Waals surface area (Å²) in [5.41, 5.74) is 6.39. The van der Waals surface area contributed by atoms with Crippen molar-refractivity contribution < 1.29 is 19.7 Å². The Bertz CT molecular complexity index is 364. The topological polar surface area (TPSA) is 92.8 Å². The molecule has 1 rings (SSSR count). The number of carbonyl (C=O) groups is 1. The molecular weight excluding hydrogens is 198 g/mol. The van der Waals surface area contributed by atoms with Crippen molar-refractivity contribution in [2.24, 2.45) is 5.73 Å². The first kappa shape index (κ1) is 11.5. The Morgan fingerprint density at radius 3 is 2.73 bits per heavy atom. The number of methoxy groups -OCH3 is 1. The number of carboxylic acids is 1. The van der Waals surface area contributed by atoms with E-state index in [2.05, 4.69) is 0 Å². The molecule has 15 heavy (non-hydrogen) atoms. The lowest BCUT2D eigenvalue weighted by Gasteiger charge is -2.11. The highest BCUT2D eigenvalue weighted by Gasteiger charge is 2.15. The van der Waals surface area contributed by atoms with Gasteiger partial charge in [0.1, 0.15) is 11.8 Å². The largest absolute Gasteiger partial charge is 0.496 e. The third-order valence-electron chi connectivity index (χ3n) is 2.10. The fraction of sp³-hybridized carbons (Fsp3) is 0.300. The molecular formula is C10H13NO4. The van der Waals surface area contributed by atoms with Gasteiger partial charge in [-0.1, -0.05) is 6.07 Å². The minimum Gasteiger partial charge on any atom is -0.496 e. The lowest BCUT2D eigenvalue weighted by Crippen LogP contribution is -2.20. The van der Waals surface area contributed by atoms with Gasteiger partial charge in [0.25, 0.3) is 0 Å². The predicted molar refractivity (Wildman–Crippen MR) is 53.5 cm³/mol. The first-order chi connectivity index (χ1) is 7.10. The Kier molecular flexibility index (Phi) is 3.65. The minimum absolute atomic E-state index is 0.219. The monoisotopic (exact) mass is 211 g/mol. The minimum atomic E-state index is -1.11. The van der Waals surface area contributed by atoms with Crippen molar-refractivity contribution >= 4 is 5.97 Å². The maximum atomic E-state index is 10.6. The molecule has 0 bridgehead atoms.